The van der Waals surface area contributed by atoms with Gasteiger partial charge in [0.1, 0.15) is 11.2 Å². The number of hydrogen-bond acceptors (Lipinski definition) is 2. The molecule has 1 heterocycles. The Morgan fingerprint density at radius 2 is 1.19 bits per heavy atom. The Morgan fingerprint density at radius 3 is 2.00 bits per heavy atom. The van der Waals surface area contributed by atoms with Crippen molar-refractivity contribution in [1.82, 2.24) is 0 Å². The second-order valence-electron chi connectivity index (χ2n) is 9.45. The van der Waals surface area contributed by atoms with Gasteiger partial charge in [0.2, 0.25) is 0 Å². The van der Waals surface area contributed by atoms with Crippen LogP contribution in [0.15, 0.2) is 168 Å². The van der Waals surface area contributed by atoms with E-state index in [9.17, 15) is 5.48 Å². The van der Waals surface area contributed by atoms with Crippen LogP contribution in [0.1, 0.15) is 20.6 Å². The number of para-hydroxylation sites is 2. The van der Waals surface area contributed by atoms with Gasteiger partial charge in [-0.3, -0.25) is 0 Å². The van der Waals surface area contributed by atoms with Crippen molar-refractivity contribution in [3.8, 4) is 22.3 Å². The average Bonchev–Trinajstić information content (AvgIpc) is 3.58. The maximum atomic E-state index is 9.26. The molecule has 0 spiro atoms. The highest BCUT2D eigenvalue weighted by molar-refractivity contribution is 6.19. The van der Waals surface area contributed by atoms with Gasteiger partial charge >= 0.3 is 0 Å². The lowest BCUT2D eigenvalue weighted by atomic mass is 9.98. The largest absolute Gasteiger partial charge is 0.456 e. The van der Waals surface area contributed by atoms with Crippen molar-refractivity contribution < 1.29 is 25.0 Å². The molecular formula is C40H27NO. The smallest absolute Gasteiger partial charge is 0.136 e. The molecule has 2 nitrogen and oxygen atoms in total. The molecule has 0 fully saturated rings. The fourth-order valence-corrected chi connectivity index (χ4v) is 4.99. The van der Waals surface area contributed by atoms with Gasteiger partial charge in [-0.2, -0.15) is 0 Å². The molecule has 0 aliphatic heterocycles. The highest BCUT2D eigenvalue weighted by Gasteiger charge is 2.14. The van der Waals surface area contributed by atoms with E-state index < -0.39 is 42.3 Å². The molecule has 0 saturated carbocycles. The molecule has 0 aliphatic rings. The van der Waals surface area contributed by atoms with E-state index in [0.29, 0.717) is 16.9 Å². The number of fused-ring (bicyclic) bond motifs is 5. The van der Waals surface area contributed by atoms with Crippen molar-refractivity contribution in [2.45, 2.75) is 0 Å². The second kappa shape index (κ2) is 10.1. The van der Waals surface area contributed by atoms with Crippen LogP contribution >= 0.6 is 0 Å². The molecule has 8 aromatic rings. The molecule has 0 unspecified atom stereocenters. The van der Waals surface area contributed by atoms with Crippen LogP contribution in [0.3, 0.4) is 0 Å². The minimum Gasteiger partial charge on any atom is -0.456 e. The van der Waals surface area contributed by atoms with Crippen molar-refractivity contribution in [2.75, 3.05) is 4.90 Å². The van der Waals surface area contributed by atoms with Crippen molar-refractivity contribution in [3.63, 3.8) is 0 Å². The molecule has 1 aromatic heterocycles. The van der Waals surface area contributed by atoms with Gasteiger partial charge in [0, 0.05) is 27.8 Å². The minimum atomic E-state index is -0.518. The first-order valence-corrected chi connectivity index (χ1v) is 13.0. The number of nitrogens with zero attached hydrogens (tertiary/aromatic N) is 1. The summed E-state index contributed by atoms with van der Waals surface area (Å²) in [6.45, 7) is 0. The Labute approximate surface area is 265 Å². The van der Waals surface area contributed by atoms with Crippen LogP contribution in [0, 0.1) is 0 Å². The van der Waals surface area contributed by atoms with Crippen LogP contribution in [0.5, 0.6) is 0 Å². The SMILES string of the molecule is [2H]c1cc2oc3c([2H])c([2H])c4cc(-c5c([2H])c([2H])c(N(c6ccccc6)c6ccc(-c7c([2H])c([2H])c([2H])c([2H])c7[2H])cc6)c([2H])c5[2H])cc([2H])c4c3c2c([2H])c1[2H]. The van der Waals surface area contributed by atoms with E-state index in [1.807, 2.05) is 0 Å². The summed E-state index contributed by atoms with van der Waals surface area (Å²) in [4.78, 5) is 1.52. The van der Waals surface area contributed by atoms with E-state index in [1.165, 1.54) is 23.1 Å². The standard InChI is InChI=1S/C40H27NO/c1-3-9-28(10-4-1)29-15-21-34(22-16-29)41(33-11-5-2-6-12-33)35-23-17-30(18-24-35)31-19-25-36-32(27-31)20-26-39-40(36)37-13-7-8-14-38(37)42-39/h1-27H/i1D,3D,4D,7D,8D,9D,10D,13D,17D,18D,20D,23D,24D,25D,26D. The average molecular weight is 553 g/mol. The maximum Gasteiger partial charge on any atom is 0.136 e. The van der Waals surface area contributed by atoms with Crippen LogP contribution in [0.25, 0.3) is 55.0 Å². The van der Waals surface area contributed by atoms with E-state index in [0.717, 1.165) is 0 Å². The first kappa shape index (κ1) is 13.4. The van der Waals surface area contributed by atoms with Gasteiger partial charge in [-0.05, 0) is 87.6 Å². The molecule has 42 heavy (non-hydrogen) atoms. The van der Waals surface area contributed by atoms with Crippen LogP contribution < -0.4 is 4.90 Å². The lowest BCUT2D eigenvalue weighted by molar-refractivity contribution is 0.669. The monoisotopic (exact) mass is 552 g/mol. The predicted octanol–water partition coefficient (Wildman–Crippen LogP) is 11.5. The number of anilines is 3. The van der Waals surface area contributed by atoms with Gasteiger partial charge in [-0.15, -0.1) is 0 Å². The Morgan fingerprint density at radius 1 is 0.452 bits per heavy atom. The molecule has 0 atom stereocenters. The second-order valence-corrected chi connectivity index (χ2v) is 9.45. The predicted molar refractivity (Wildman–Crippen MR) is 177 cm³/mol. The summed E-state index contributed by atoms with van der Waals surface area (Å²) >= 11 is 0. The minimum absolute atomic E-state index is 0.00473. The van der Waals surface area contributed by atoms with Gasteiger partial charge in [0.15, 0.2) is 0 Å². The molecule has 0 bridgehead atoms. The molecule has 198 valence electrons. The maximum absolute atomic E-state index is 9.26. The van der Waals surface area contributed by atoms with Crippen LogP contribution in [0.2, 0.25) is 0 Å². The summed E-state index contributed by atoms with van der Waals surface area (Å²) in [5.41, 5.74) is 0.941. The third-order valence-electron chi connectivity index (χ3n) is 6.95. The molecule has 0 amide bonds. The van der Waals surface area contributed by atoms with Crippen molar-refractivity contribution in [3.05, 3.63) is 163 Å². The summed E-state index contributed by atoms with van der Waals surface area (Å²) in [5, 5.41) is 0.460. The van der Waals surface area contributed by atoms with Gasteiger partial charge in [-0.25, -0.2) is 0 Å². The molecule has 7 aromatic carbocycles. The fraction of sp³-hybridized carbons (Fsp3) is 0. The van der Waals surface area contributed by atoms with E-state index >= 15 is 0 Å². The first-order chi connectivity index (χ1) is 27.0. The van der Waals surface area contributed by atoms with Gasteiger partial charge in [-0.1, -0.05) is 109 Å². The van der Waals surface area contributed by atoms with Gasteiger partial charge in [0.05, 0.1) is 20.6 Å². The third kappa shape index (κ3) is 4.22. The molecule has 0 aliphatic carbocycles. The zero-order valence-electron chi connectivity index (χ0n) is 36.8. The van der Waals surface area contributed by atoms with Crippen molar-refractivity contribution in [2.24, 2.45) is 0 Å². The normalized spacial score (nSPS) is 16.3. The number of hydrogen-bond donors (Lipinski definition) is 0. The summed E-state index contributed by atoms with van der Waals surface area (Å²) in [6.07, 6.45) is 0. The molecule has 0 radical (unpaired) electrons. The molecule has 0 saturated heterocycles. The quantitative estimate of drug-likeness (QED) is 0.211. The first-order valence-electron chi connectivity index (χ1n) is 20.5. The summed E-state index contributed by atoms with van der Waals surface area (Å²) in [5.74, 6) is 0. The van der Waals surface area contributed by atoms with Gasteiger partial charge in [0.25, 0.3) is 0 Å². The molecule has 2 heteroatoms. The van der Waals surface area contributed by atoms with E-state index in [1.54, 1.807) is 54.6 Å². The van der Waals surface area contributed by atoms with E-state index in [-0.39, 0.29) is 103 Å². The summed E-state index contributed by atoms with van der Waals surface area (Å²) < 4.78 is 135. The lowest BCUT2D eigenvalue weighted by Crippen LogP contribution is -2.09. The Hall–Kier alpha value is -5.60. The Kier molecular flexibility index (Phi) is 3.22. The van der Waals surface area contributed by atoms with Crippen LogP contribution in [-0.4, -0.2) is 0 Å². The summed E-state index contributed by atoms with van der Waals surface area (Å²) in [6, 6.07) is 13.0. The van der Waals surface area contributed by atoms with Crippen molar-refractivity contribution >= 4 is 49.8 Å². The highest BCUT2D eigenvalue weighted by atomic mass is 16.3. The number of rotatable bonds is 5. The van der Waals surface area contributed by atoms with E-state index in [4.69, 9.17) is 19.5 Å². The Balaban J connectivity index is 1.32. The topological polar surface area (TPSA) is 16.4 Å². The molecular weight excluding hydrogens is 510 g/mol. The number of furan rings is 1. The molecule has 0 N–H and O–H groups in total. The molecule has 8 rings (SSSR count). The number of benzene rings is 7. The highest BCUT2D eigenvalue weighted by Crippen LogP contribution is 2.38. The zero-order chi connectivity index (χ0) is 40.9. The van der Waals surface area contributed by atoms with Crippen LogP contribution in [0.4, 0.5) is 17.1 Å². The fourth-order valence-electron chi connectivity index (χ4n) is 4.99. The third-order valence-corrected chi connectivity index (χ3v) is 6.95. The lowest BCUT2D eigenvalue weighted by Gasteiger charge is -2.26. The van der Waals surface area contributed by atoms with E-state index in [2.05, 4.69) is 0 Å². The van der Waals surface area contributed by atoms with Crippen molar-refractivity contribution in [1.29, 1.82) is 0 Å². The summed E-state index contributed by atoms with van der Waals surface area (Å²) in [7, 11) is 0. The Bertz CT molecular complexity index is 2960. The van der Waals surface area contributed by atoms with Crippen LogP contribution in [-0.2, 0) is 0 Å². The van der Waals surface area contributed by atoms with Gasteiger partial charge < -0.3 is 9.32 Å². The zero-order valence-corrected chi connectivity index (χ0v) is 21.8.